The number of ketones is 1. The zero-order valence-corrected chi connectivity index (χ0v) is 14.9. The minimum atomic E-state index is -0.216. The van der Waals surface area contributed by atoms with Crippen LogP contribution in [0.3, 0.4) is 0 Å². The van der Waals surface area contributed by atoms with Crippen molar-refractivity contribution in [1.29, 1.82) is 0 Å². The summed E-state index contributed by atoms with van der Waals surface area (Å²) in [5.41, 5.74) is 0.702. The molecule has 0 fully saturated rings. The Balaban J connectivity index is 1.99. The summed E-state index contributed by atoms with van der Waals surface area (Å²) < 4.78 is 7.96. The number of Topliss-reactive ketones (excluding diaryl/α,β-unsaturated/α-hetero) is 1. The molecule has 22 heavy (non-hydrogen) atoms. The smallest absolute Gasteiger partial charge is 0.191 e. The van der Waals surface area contributed by atoms with Crippen molar-refractivity contribution in [3.05, 3.63) is 40.6 Å². The van der Waals surface area contributed by atoms with E-state index < -0.39 is 0 Å². The summed E-state index contributed by atoms with van der Waals surface area (Å²) in [5.74, 6) is 0.0870. The van der Waals surface area contributed by atoms with Gasteiger partial charge in [-0.1, -0.05) is 39.8 Å². The molecule has 118 valence electrons. The maximum Gasteiger partial charge on any atom is 0.191 e. The number of benzene rings is 1. The van der Waals surface area contributed by atoms with Crippen LogP contribution in [0.1, 0.15) is 23.7 Å². The number of rotatable bonds is 8. The molecule has 1 unspecified atom stereocenters. The largest absolute Gasteiger partial charge is 0.385 e. The molecule has 0 aliphatic heterocycles. The second-order valence-corrected chi connectivity index (χ2v) is 7.01. The van der Waals surface area contributed by atoms with Gasteiger partial charge in [0.25, 0.3) is 0 Å². The van der Waals surface area contributed by atoms with Gasteiger partial charge in [-0.05, 0) is 25.5 Å². The van der Waals surface area contributed by atoms with Crippen molar-refractivity contribution >= 4 is 33.5 Å². The fourth-order valence-corrected chi connectivity index (χ4v) is 3.12. The van der Waals surface area contributed by atoms with E-state index in [1.807, 2.05) is 35.8 Å². The van der Waals surface area contributed by atoms with Crippen LogP contribution in [-0.2, 0) is 11.3 Å². The second-order valence-electron chi connectivity index (χ2n) is 4.78. The van der Waals surface area contributed by atoms with Crippen molar-refractivity contribution in [1.82, 2.24) is 14.8 Å². The predicted octanol–water partition coefficient (Wildman–Crippen LogP) is 3.44. The van der Waals surface area contributed by atoms with Gasteiger partial charge in [-0.15, -0.1) is 10.2 Å². The topological polar surface area (TPSA) is 57.0 Å². The summed E-state index contributed by atoms with van der Waals surface area (Å²) in [7, 11) is 1.68. The Morgan fingerprint density at radius 1 is 1.41 bits per heavy atom. The number of carbonyl (C=O) groups is 1. The van der Waals surface area contributed by atoms with E-state index in [2.05, 4.69) is 26.1 Å². The van der Waals surface area contributed by atoms with Crippen molar-refractivity contribution in [3.63, 3.8) is 0 Å². The van der Waals surface area contributed by atoms with E-state index in [0.29, 0.717) is 12.2 Å². The fourth-order valence-electron chi connectivity index (χ4n) is 1.93. The molecule has 1 aromatic carbocycles. The summed E-state index contributed by atoms with van der Waals surface area (Å²) >= 11 is 4.80. The Morgan fingerprint density at radius 3 is 2.82 bits per heavy atom. The number of nitrogens with zero attached hydrogens (tertiary/aromatic N) is 3. The van der Waals surface area contributed by atoms with E-state index >= 15 is 0 Å². The quantitative estimate of drug-likeness (QED) is 0.397. The van der Waals surface area contributed by atoms with Crippen LogP contribution in [0.2, 0.25) is 0 Å². The van der Waals surface area contributed by atoms with Crippen LogP contribution in [0, 0.1) is 0 Å². The zero-order chi connectivity index (χ0) is 15.9. The third-order valence-electron chi connectivity index (χ3n) is 3.11. The highest BCUT2D eigenvalue weighted by atomic mass is 79.9. The summed E-state index contributed by atoms with van der Waals surface area (Å²) in [6.07, 6.45) is 2.58. The molecule has 0 saturated carbocycles. The number of thioether (sulfide) groups is 1. The molecule has 2 aromatic rings. The van der Waals surface area contributed by atoms with Crippen molar-refractivity contribution in [2.24, 2.45) is 0 Å². The van der Waals surface area contributed by atoms with Gasteiger partial charge in [-0.3, -0.25) is 4.79 Å². The highest BCUT2D eigenvalue weighted by molar-refractivity contribution is 9.10. The van der Waals surface area contributed by atoms with Crippen molar-refractivity contribution in [2.45, 2.75) is 30.3 Å². The number of hydrogen-bond donors (Lipinski definition) is 0. The van der Waals surface area contributed by atoms with Gasteiger partial charge in [0.2, 0.25) is 0 Å². The van der Waals surface area contributed by atoms with E-state index in [-0.39, 0.29) is 11.0 Å². The van der Waals surface area contributed by atoms with Gasteiger partial charge < -0.3 is 9.30 Å². The van der Waals surface area contributed by atoms with Crippen molar-refractivity contribution < 1.29 is 9.53 Å². The number of carbonyl (C=O) groups excluding carboxylic acids is 1. The molecule has 0 N–H and O–H groups in total. The molecule has 5 nitrogen and oxygen atoms in total. The highest BCUT2D eigenvalue weighted by Crippen LogP contribution is 2.24. The number of aromatic nitrogens is 3. The first-order chi connectivity index (χ1) is 10.6. The molecule has 0 saturated heterocycles. The van der Waals surface area contributed by atoms with Crippen LogP contribution >= 0.6 is 27.7 Å². The zero-order valence-electron chi connectivity index (χ0n) is 12.5. The first-order valence-corrected chi connectivity index (χ1v) is 8.62. The number of hydrogen-bond acceptors (Lipinski definition) is 5. The van der Waals surface area contributed by atoms with Crippen LogP contribution in [0.5, 0.6) is 0 Å². The third-order valence-corrected chi connectivity index (χ3v) is 4.73. The van der Waals surface area contributed by atoms with E-state index in [1.165, 1.54) is 11.8 Å². The van der Waals surface area contributed by atoms with Gasteiger partial charge in [-0.2, -0.15) is 0 Å². The number of aryl methyl sites for hydroxylation is 1. The lowest BCUT2D eigenvalue weighted by Crippen LogP contribution is -2.14. The van der Waals surface area contributed by atoms with Crippen LogP contribution in [0.25, 0.3) is 0 Å². The van der Waals surface area contributed by atoms with Crippen LogP contribution in [-0.4, -0.2) is 39.5 Å². The molecule has 0 amide bonds. The third kappa shape index (κ3) is 4.66. The van der Waals surface area contributed by atoms with Crippen molar-refractivity contribution in [3.8, 4) is 0 Å². The fraction of sp³-hybridized carbons (Fsp3) is 0.400. The minimum Gasteiger partial charge on any atom is -0.385 e. The average molecular weight is 384 g/mol. The number of methoxy groups -OCH3 is 1. The monoisotopic (exact) mass is 383 g/mol. The summed E-state index contributed by atoms with van der Waals surface area (Å²) in [6, 6.07) is 7.40. The van der Waals surface area contributed by atoms with Gasteiger partial charge >= 0.3 is 0 Å². The van der Waals surface area contributed by atoms with Crippen LogP contribution < -0.4 is 0 Å². The Labute approximate surface area is 142 Å². The second kappa shape index (κ2) is 8.45. The molecular formula is C15H18BrN3O2S. The number of halogens is 1. The Bertz CT molecular complexity index is 616. The molecular weight excluding hydrogens is 366 g/mol. The highest BCUT2D eigenvalue weighted by Gasteiger charge is 2.19. The summed E-state index contributed by atoms with van der Waals surface area (Å²) in [5, 5.41) is 8.57. The van der Waals surface area contributed by atoms with Crippen LogP contribution in [0.15, 0.2) is 40.2 Å². The molecule has 0 radical (unpaired) electrons. The molecule has 0 aliphatic rings. The normalized spacial score (nSPS) is 12.3. The standard InChI is InChI=1S/C15H18BrN3O2S/c1-11(14(20)12-4-6-13(16)7-5-12)22-15-18-17-10-19(15)8-3-9-21-2/h4-7,10-11H,3,8-9H2,1-2H3. The van der Waals surface area contributed by atoms with Gasteiger partial charge in [0, 0.05) is 30.3 Å². The Hall–Kier alpha value is -1.18. The molecule has 2 rings (SSSR count). The lowest BCUT2D eigenvalue weighted by atomic mass is 10.1. The predicted molar refractivity (Wildman–Crippen MR) is 90.3 cm³/mol. The van der Waals surface area contributed by atoms with Gasteiger partial charge in [0.05, 0.1) is 5.25 Å². The lowest BCUT2D eigenvalue weighted by Gasteiger charge is -2.11. The maximum absolute atomic E-state index is 12.4. The lowest BCUT2D eigenvalue weighted by molar-refractivity contribution is 0.0994. The molecule has 0 aliphatic carbocycles. The van der Waals surface area contributed by atoms with E-state index in [0.717, 1.165) is 22.6 Å². The first kappa shape index (κ1) is 17.2. The SMILES string of the molecule is COCCCn1cnnc1SC(C)C(=O)c1ccc(Br)cc1. The molecule has 1 aromatic heterocycles. The molecule has 7 heteroatoms. The minimum absolute atomic E-state index is 0.0870. The van der Waals surface area contributed by atoms with Gasteiger partial charge in [0.15, 0.2) is 10.9 Å². The molecule has 1 atom stereocenters. The maximum atomic E-state index is 12.4. The number of ether oxygens (including phenoxy) is 1. The van der Waals surface area contributed by atoms with Crippen LogP contribution in [0.4, 0.5) is 0 Å². The van der Waals surface area contributed by atoms with Gasteiger partial charge in [-0.25, -0.2) is 0 Å². The van der Waals surface area contributed by atoms with E-state index in [4.69, 9.17) is 4.74 Å². The molecule has 0 bridgehead atoms. The van der Waals surface area contributed by atoms with Crippen molar-refractivity contribution in [2.75, 3.05) is 13.7 Å². The molecule has 0 spiro atoms. The van der Waals surface area contributed by atoms with E-state index in [9.17, 15) is 4.79 Å². The Morgan fingerprint density at radius 2 is 2.14 bits per heavy atom. The Kier molecular flexibility index (Phi) is 6.60. The molecule has 1 heterocycles. The average Bonchev–Trinajstić information content (AvgIpc) is 2.95. The first-order valence-electron chi connectivity index (χ1n) is 6.95. The summed E-state index contributed by atoms with van der Waals surface area (Å²) in [6.45, 7) is 3.36. The summed E-state index contributed by atoms with van der Waals surface area (Å²) in [4.78, 5) is 12.4. The van der Waals surface area contributed by atoms with Gasteiger partial charge in [0.1, 0.15) is 6.33 Å². The van der Waals surface area contributed by atoms with E-state index in [1.54, 1.807) is 13.4 Å².